The number of hydrogen-bond acceptors (Lipinski definition) is 3. The van der Waals surface area contributed by atoms with E-state index in [1.165, 1.54) is 12.8 Å². The van der Waals surface area contributed by atoms with Crippen molar-refractivity contribution >= 4 is 35.7 Å². The molecule has 0 radical (unpaired) electrons. The van der Waals surface area contributed by atoms with E-state index >= 15 is 0 Å². The monoisotopic (exact) mass is 340 g/mol. The van der Waals surface area contributed by atoms with Crippen molar-refractivity contribution in [3.05, 3.63) is 24.3 Å². The van der Waals surface area contributed by atoms with Gasteiger partial charge in [0.25, 0.3) is 0 Å². The molecular formula is C16H25ClN4O2. The standard InChI is InChI=1S/C16H24N4O2.ClH/c1-11(12-4-3-7-18-10-12)8-15(21)19-13-5-2-6-14(9-13)20-16(17)22;/h2,5-6,9,11-12,18H,3-4,7-8,10H2,1H3,(H,19,21)(H3,17,20,22);1H. The molecule has 0 spiro atoms. The summed E-state index contributed by atoms with van der Waals surface area (Å²) in [6, 6.07) is 6.33. The third kappa shape index (κ3) is 6.46. The fraction of sp³-hybridized carbons (Fsp3) is 0.500. The molecular weight excluding hydrogens is 316 g/mol. The number of nitrogens with one attached hydrogen (secondary N) is 3. The first-order valence-electron chi connectivity index (χ1n) is 7.71. The molecule has 7 heteroatoms. The Morgan fingerprint density at radius 1 is 1.35 bits per heavy atom. The van der Waals surface area contributed by atoms with Crippen molar-refractivity contribution in [2.75, 3.05) is 23.7 Å². The van der Waals surface area contributed by atoms with E-state index in [0.717, 1.165) is 13.1 Å². The van der Waals surface area contributed by atoms with Crippen molar-refractivity contribution in [1.29, 1.82) is 0 Å². The lowest BCUT2D eigenvalue weighted by molar-refractivity contribution is -0.117. The Morgan fingerprint density at radius 2 is 2.04 bits per heavy atom. The topological polar surface area (TPSA) is 96.2 Å². The summed E-state index contributed by atoms with van der Waals surface area (Å²) in [5.74, 6) is 0.899. The quantitative estimate of drug-likeness (QED) is 0.663. The second-order valence-corrected chi connectivity index (χ2v) is 5.91. The molecule has 2 unspecified atom stereocenters. The first-order chi connectivity index (χ1) is 10.5. The van der Waals surface area contributed by atoms with Gasteiger partial charge < -0.3 is 21.7 Å². The largest absolute Gasteiger partial charge is 0.351 e. The van der Waals surface area contributed by atoms with Gasteiger partial charge in [0.05, 0.1) is 0 Å². The summed E-state index contributed by atoms with van der Waals surface area (Å²) < 4.78 is 0. The molecule has 5 N–H and O–H groups in total. The third-order valence-electron chi connectivity index (χ3n) is 4.06. The molecule has 0 saturated carbocycles. The van der Waals surface area contributed by atoms with Crippen LogP contribution in [0.1, 0.15) is 26.2 Å². The Bertz CT molecular complexity index is 533. The van der Waals surface area contributed by atoms with Crippen LogP contribution in [-0.2, 0) is 4.79 Å². The highest BCUT2D eigenvalue weighted by molar-refractivity contribution is 5.93. The summed E-state index contributed by atoms with van der Waals surface area (Å²) >= 11 is 0. The third-order valence-corrected chi connectivity index (χ3v) is 4.06. The Labute approximate surface area is 143 Å². The predicted octanol–water partition coefficient (Wildman–Crippen LogP) is 2.56. The Morgan fingerprint density at radius 3 is 2.65 bits per heavy atom. The number of nitrogens with two attached hydrogens (primary N) is 1. The van der Waals surface area contributed by atoms with Gasteiger partial charge in [-0.25, -0.2) is 4.79 Å². The Balaban J connectivity index is 0.00000264. The maximum Gasteiger partial charge on any atom is 0.316 e. The van der Waals surface area contributed by atoms with E-state index in [2.05, 4.69) is 22.9 Å². The van der Waals surface area contributed by atoms with Gasteiger partial charge in [-0.3, -0.25) is 4.79 Å². The molecule has 1 saturated heterocycles. The molecule has 23 heavy (non-hydrogen) atoms. The van der Waals surface area contributed by atoms with E-state index in [-0.39, 0.29) is 18.3 Å². The Hall–Kier alpha value is -1.79. The average Bonchev–Trinajstić information content (AvgIpc) is 2.47. The van der Waals surface area contributed by atoms with Gasteiger partial charge in [-0.05, 0) is 56.0 Å². The second-order valence-electron chi connectivity index (χ2n) is 5.91. The van der Waals surface area contributed by atoms with Crippen molar-refractivity contribution in [3.8, 4) is 0 Å². The molecule has 1 aromatic carbocycles. The maximum atomic E-state index is 12.2. The molecule has 2 atom stereocenters. The second kappa shape index (κ2) is 9.37. The van der Waals surface area contributed by atoms with E-state index in [0.29, 0.717) is 29.6 Å². The summed E-state index contributed by atoms with van der Waals surface area (Å²) in [6.07, 6.45) is 2.86. The van der Waals surface area contributed by atoms with E-state index in [1.54, 1.807) is 24.3 Å². The van der Waals surface area contributed by atoms with Crippen molar-refractivity contribution in [2.45, 2.75) is 26.2 Å². The highest BCUT2D eigenvalue weighted by Crippen LogP contribution is 2.23. The molecule has 1 aliphatic rings. The lowest BCUT2D eigenvalue weighted by Gasteiger charge is -2.28. The van der Waals surface area contributed by atoms with E-state index in [1.807, 2.05) is 0 Å². The van der Waals surface area contributed by atoms with Crippen LogP contribution < -0.4 is 21.7 Å². The van der Waals surface area contributed by atoms with Crippen molar-refractivity contribution in [2.24, 2.45) is 17.6 Å². The number of urea groups is 1. The van der Waals surface area contributed by atoms with E-state index in [9.17, 15) is 9.59 Å². The van der Waals surface area contributed by atoms with E-state index < -0.39 is 6.03 Å². The van der Waals surface area contributed by atoms with Gasteiger partial charge in [-0.2, -0.15) is 0 Å². The Kier molecular flexibility index (Phi) is 7.85. The fourth-order valence-corrected chi connectivity index (χ4v) is 2.85. The molecule has 0 bridgehead atoms. The lowest BCUT2D eigenvalue weighted by atomic mass is 9.85. The molecule has 0 aliphatic carbocycles. The molecule has 0 aromatic heterocycles. The molecule has 128 valence electrons. The number of piperidine rings is 1. The SMILES string of the molecule is CC(CC(=O)Nc1cccc(NC(N)=O)c1)C1CCCNC1.Cl. The number of benzene rings is 1. The summed E-state index contributed by atoms with van der Waals surface area (Å²) in [4.78, 5) is 23.0. The first-order valence-corrected chi connectivity index (χ1v) is 7.71. The smallest absolute Gasteiger partial charge is 0.316 e. The van der Waals surface area contributed by atoms with E-state index in [4.69, 9.17) is 5.73 Å². The molecule has 6 nitrogen and oxygen atoms in total. The molecule has 3 amide bonds. The van der Waals surface area contributed by atoms with Crippen LogP contribution in [0.4, 0.5) is 16.2 Å². The number of halogens is 1. The minimum Gasteiger partial charge on any atom is -0.351 e. The zero-order chi connectivity index (χ0) is 15.9. The van der Waals surface area contributed by atoms with Crippen LogP contribution in [0.15, 0.2) is 24.3 Å². The van der Waals surface area contributed by atoms with Crippen LogP contribution in [0, 0.1) is 11.8 Å². The number of amides is 3. The maximum absolute atomic E-state index is 12.2. The van der Waals surface area contributed by atoms with Crippen LogP contribution >= 0.6 is 12.4 Å². The number of carbonyl (C=O) groups is 2. The van der Waals surface area contributed by atoms with Crippen LogP contribution in [0.25, 0.3) is 0 Å². The zero-order valence-electron chi connectivity index (χ0n) is 13.3. The zero-order valence-corrected chi connectivity index (χ0v) is 14.1. The van der Waals surface area contributed by atoms with Gasteiger partial charge in [0.15, 0.2) is 0 Å². The number of carbonyl (C=O) groups excluding carboxylic acids is 2. The van der Waals surface area contributed by atoms with Gasteiger partial charge in [-0.1, -0.05) is 13.0 Å². The van der Waals surface area contributed by atoms with Gasteiger partial charge in [-0.15, -0.1) is 12.4 Å². The molecule has 1 fully saturated rings. The number of primary amides is 1. The molecule has 2 rings (SSSR count). The van der Waals surface area contributed by atoms with Crippen LogP contribution in [0.2, 0.25) is 0 Å². The normalized spacial score (nSPS) is 18.4. The van der Waals surface area contributed by atoms with Crippen molar-refractivity contribution in [3.63, 3.8) is 0 Å². The van der Waals surface area contributed by atoms with Crippen LogP contribution in [0.5, 0.6) is 0 Å². The van der Waals surface area contributed by atoms with Crippen LogP contribution in [0.3, 0.4) is 0 Å². The average molecular weight is 341 g/mol. The summed E-state index contributed by atoms with van der Waals surface area (Å²) in [5, 5.41) is 8.74. The number of hydrogen-bond donors (Lipinski definition) is 4. The van der Waals surface area contributed by atoms with Gasteiger partial charge in [0.1, 0.15) is 0 Å². The highest BCUT2D eigenvalue weighted by atomic mass is 35.5. The highest BCUT2D eigenvalue weighted by Gasteiger charge is 2.22. The number of anilines is 2. The van der Waals surface area contributed by atoms with Crippen molar-refractivity contribution < 1.29 is 9.59 Å². The van der Waals surface area contributed by atoms with Crippen molar-refractivity contribution in [1.82, 2.24) is 5.32 Å². The summed E-state index contributed by atoms with van der Waals surface area (Å²) in [5.41, 5.74) is 6.30. The molecule has 1 aliphatic heterocycles. The van der Waals surface area contributed by atoms with Gasteiger partial charge in [0.2, 0.25) is 5.91 Å². The first kappa shape index (κ1) is 19.3. The molecule has 1 heterocycles. The molecule has 1 aromatic rings. The number of rotatable bonds is 5. The summed E-state index contributed by atoms with van der Waals surface area (Å²) in [6.45, 7) is 4.20. The minimum absolute atomic E-state index is 0. The van der Waals surface area contributed by atoms with Gasteiger partial charge in [0, 0.05) is 17.8 Å². The van der Waals surface area contributed by atoms with Crippen LogP contribution in [-0.4, -0.2) is 25.0 Å². The summed E-state index contributed by atoms with van der Waals surface area (Å²) in [7, 11) is 0. The lowest BCUT2D eigenvalue weighted by Crippen LogP contribution is -2.34. The fourth-order valence-electron chi connectivity index (χ4n) is 2.85. The minimum atomic E-state index is -0.623. The predicted molar refractivity (Wildman–Crippen MR) is 94.9 cm³/mol. The van der Waals surface area contributed by atoms with Gasteiger partial charge >= 0.3 is 6.03 Å².